The number of fused-ring (bicyclic) bond motifs is 1. The minimum absolute atomic E-state index is 0. The number of halogens is 1. The average Bonchev–Trinajstić information content (AvgIpc) is 2.96. The normalized spacial score (nSPS) is 17.7. The molecule has 1 heterocycles. The zero-order valence-electron chi connectivity index (χ0n) is 13.1. The lowest BCUT2D eigenvalue weighted by Crippen LogP contribution is -2.26. The van der Waals surface area contributed by atoms with Crippen molar-refractivity contribution in [2.75, 3.05) is 11.9 Å². The monoisotopic (exact) mass is 351 g/mol. The van der Waals surface area contributed by atoms with Crippen molar-refractivity contribution in [1.82, 2.24) is 4.98 Å². The Kier molecular flexibility index (Phi) is 6.16. The van der Waals surface area contributed by atoms with Crippen molar-refractivity contribution in [1.29, 1.82) is 0 Å². The first-order valence-corrected chi connectivity index (χ1v) is 8.53. The Hall–Kier alpha value is -1.43. The Morgan fingerprint density at radius 1 is 1.43 bits per heavy atom. The van der Waals surface area contributed by atoms with Crippen LogP contribution in [0.15, 0.2) is 30.3 Å². The number of carbonyl (C=O) groups is 1. The first-order valence-electron chi connectivity index (χ1n) is 7.72. The summed E-state index contributed by atoms with van der Waals surface area (Å²) in [5.41, 5.74) is 8.07. The molecule has 3 N–H and O–H groups in total. The SMILES string of the molecule is CC(CN)C(=O)Nc1nc2c(s1)CC(c1ccccc1)CC2.Cl. The molecule has 2 unspecified atom stereocenters. The number of nitrogens with one attached hydrogen (secondary N) is 1. The number of anilines is 1. The van der Waals surface area contributed by atoms with E-state index >= 15 is 0 Å². The Morgan fingerprint density at radius 3 is 2.87 bits per heavy atom. The molecular formula is C17H22ClN3OS. The zero-order chi connectivity index (χ0) is 15.5. The molecule has 0 fully saturated rings. The summed E-state index contributed by atoms with van der Waals surface area (Å²) in [6, 6.07) is 10.6. The fourth-order valence-electron chi connectivity index (χ4n) is 2.77. The van der Waals surface area contributed by atoms with Crippen molar-refractivity contribution >= 4 is 34.8 Å². The maximum Gasteiger partial charge on any atom is 0.230 e. The molecule has 3 rings (SSSR count). The van der Waals surface area contributed by atoms with Gasteiger partial charge in [0, 0.05) is 17.3 Å². The molecule has 2 aromatic rings. The molecule has 124 valence electrons. The van der Waals surface area contributed by atoms with Crippen LogP contribution in [-0.4, -0.2) is 17.4 Å². The summed E-state index contributed by atoms with van der Waals surface area (Å²) < 4.78 is 0. The lowest BCUT2D eigenvalue weighted by atomic mass is 9.85. The van der Waals surface area contributed by atoms with E-state index in [9.17, 15) is 4.79 Å². The lowest BCUT2D eigenvalue weighted by molar-refractivity contribution is -0.119. The highest BCUT2D eigenvalue weighted by atomic mass is 35.5. The summed E-state index contributed by atoms with van der Waals surface area (Å²) in [7, 11) is 0. The molecule has 0 aliphatic heterocycles. The second-order valence-corrected chi connectivity index (χ2v) is 6.95. The number of aromatic nitrogens is 1. The van der Waals surface area contributed by atoms with Crippen molar-refractivity contribution in [2.24, 2.45) is 11.7 Å². The van der Waals surface area contributed by atoms with E-state index in [-0.39, 0.29) is 24.2 Å². The van der Waals surface area contributed by atoms with Crippen LogP contribution in [0.4, 0.5) is 5.13 Å². The lowest BCUT2D eigenvalue weighted by Gasteiger charge is -2.21. The first-order chi connectivity index (χ1) is 10.7. The van der Waals surface area contributed by atoms with Gasteiger partial charge in [-0.05, 0) is 30.7 Å². The molecule has 2 atom stereocenters. The first kappa shape index (κ1) is 17.9. The molecule has 4 nitrogen and oxygen atoms in total. The average molecular weight is 352 g/mol. The fourth-order valence-corrected chi connectivity index (χ4v) is 3.86. The molecule has 1 aromatic carbocycles. The summed E-state index contributed by atoms with van der Waals surface area (Å²) >= 11 is 1.61. The third kappa shape index (κ3) is 4.10. The summed E-state index contributed by atoms with van der Waals surface area (Å²) in [6.07, 6.45) is 3.11. The Bertz CT molecular complexity index is 659. The number of nitrogens with two attached hydrogens (primary N) is 1. The van der Waals surface area contributed by atoms with Gasteiger partial charge in [0.25, 0.3) is 0 Å². The topological polar surface area (TPSA) is 68.0 Å². The molecule has 1 aliphatic carbocycles. The predicted octanol–water partition coefficient (Wildman–Crippen LogP) is 3.37. The molecule has 1 aromatic heterocycles. The van der Waals surface area contributed by atoms with E-state index in [1.54, 1.807) is 11.3 Å². The maximum absolute atomic E-state index is 11.9. The Balaban J connectivity index is 0.00000192. The van der Waals surface area contributed by atoms with Gasteiger partial charge in [-0.25, -0.2) is 4.98 Å². The number of aryl methyl sites for hydroxylation is 1. The van der Waals surface area contributed by atoms with Gasteiger partial charge >= 0.3 is 0 Å². The minimum Gasteiger partial charge on any atom is -0.330 e. The highest BCUT2D eigenvalue weighted by Gasteiger charge is 2.24. The van der Waals surface area contributed by atoms with Crippen molar-refractivity contribution in [3.8, 4) is 0 Å². The highest BCUT2D eigenvalue weighted by Crippen LogP contribution is 2.36. The van der Waals surface area contributed by atoms with Crippen molar-refractivity contribution in [2.45, 2.75) is 32.1 Å². The van der Waals surface area contributed by atoms with Gasteiger partial charge in [0.15, 0.2) is 5.13 Å². The van der Waals surface area contributed by atoms with Gasteiger partial charge in [-0.2, -0.15) is 0 Å². The summed E-state index contributed by atoms with van der Waals surface area (Å²) in [5, 5.41) is 3.60. The molecule has 1 amide bonds. The van der Waals surface area contributed by atoms with Gasteiger partial charge in [-0.15, -0.1) is 23.7 Å². The van der Waals surface area contributed by atoms with Gasteiger partial charge in [-0.3, -0.25) is 4.79 Å². The third-order valence-corrected chi connectivity index (χ3v) is 5.28. The van der Waals surface area contributed by atoms with E-state index < -0.39 is 0 Å². The molecule has 23 heavy (non-hydrogen) atoms. The Labute approximate surface area is 146 Å². The van der Waals surface area contributed by atoms with Crippen molar-refractivity contribution in [3.63, 3.8) is 0 Å². The number of hydrogen-bond donors (Lipinski definition) is 2. The van der Waals surface area contributed by atoms with Crippen LogP contribution in [0.1, 0.15) is 35.4 Å². The summed E-state index contributed by atoms with van der Waals surface area (Å²) in [5.74, 6) is 0.326. The van der Waals surface area contributed by atoms with E-state index in [0.29, 0.717) is 17.6 Å². The number of benzene rings is 1. The van der Waals surface area contributed by atoms with E-state index in [1.165, 1.54) is 10.4 Å². The fraction of sp³-hybridized carbons (Fsp3) is 0.412. The second kappa shape index (κ2) is 7.90. The molecular weight excluding hydrogens is 330 g/mol. The van der Waals surface area contributed by atoms with Gasteiger partial charge in [0.2, 0.25) is 5.91 Å². The molecule has 0 saturated carbocycles. The second-order valence-electron chi connectivity index (χ2n) is 5.87. The highest BCUT2D eigenvalue weighted by molar-refractivity contribution is 7.15. The number of amides is 1. The largest absolute Gasteiger partial charge is 0.330 e. The Morgan fingerprint density at radius 2 is 2.17 bits per heavy atom. The van der Waals surface area contributed by atoms with Crippen LogP contribution in [-0.2, 0) is 17.6 Å². The molecule has 0 spiro atoms. The number of thiazole rings is 1. The smallest absolute Gasteiger partial charge is 0.230 e. The van der Waals surface area contributed by atoms with Crippen LogP contribution in [0.2, 0.25) is 0 Å². The summed E-state index contributed by atoms with van der Waals surface area (Å²) in [4.78, 5) is 17.8. The minimum atomic E-state index is -0.182. The van der Waals surface area contributed by atoms with E-state index in [0.717, 1.165) is 25.0 Å². The molecule has 0 radical (unpaired) electrons. The van der Waals surface area contributed by atoms with Crippen molar-refractivity contribution < 1.29 is 4.79 Å². The molecule has 0 saturated heterocycles. The number of nitrogens with zero attached hydrogens (tertiary/aromatic N) is 1. The van der Waals surface area contributed by atoms with Gasteiger partial charge in [0.05, 0.1) is 5.69 Å². The van der Waals surface area contributed by atoms with Gasteiger partial charge in [0.1, 0.15) is 0 Å². The maximum atomic E-state index is 11.9. The quantitative estimate of drug-likeness (QED) is 0.887. The van der Waals surface area contributed by atoms with Crippen LogP contribution < -0.4 is 11.1 Å². The van der Waals surface area contributed by atoms with Gasteiger partial charge in [-0.1, -0.05) is 37.3 Å². The number of rotatable bonds is 4. The molecule has 0 bridgehead atoms. The van der Waals surface area contributed by atoms with Gasteiger partial charge < -0.3 is 11.1 Å². The van der Waals surface area contributed by atoms with Crippen LogP contribution in [0.3, 0.4) is 0 Å². The van der Waals surface area contributed by atoms with Crippen LogP contribution in [0.5, 0.6) is 0 Å². The zero-order valence-corrected chi connectivity index (χ0v) is 14.8. The number of carbonyl (C=O) groups excluding carboxylic acids is 1. The predicted molar refractivity (Wildman–Crippen MR) is 97.4 cm³/mol. The van der Waals surface area contributed by atoms with Crippen LogP contribution in [0.25, 0.3) is 0 Å². The molecule has 6 heteroatoms. The third-order valence-electron chi connectivity index (χ3n) is 4.24. The van der Waals surface area contributed by atoms with Crippen molar-refractivity contribution in [3.05, 3.63) is 46.5 Å². The van der Waals surface area contributed by atoms with E-state index in [2.05, 4.69) is 40.6 Å². The molecule has 1 aliphatic rings. The summed E-state index contributed by atoms with van der Waals surface area (Å²) in [6.45, 7) is 2.18. The standard InChI is InChI=1S/C17H21N3OS.ClH/c1-11(10-18)16(21)20-17-19-14-8-7-13(9-15(14)22-17)12-5-3-2-4-6-12;/h2-6,11,13H,7-10,18H2,1H3,(H,19,20,21);1H. The van der Waals surface area contributed by atoms with Crippen LogP contribution >= 0.6 is 23.7 Å². The van der Waals surface area contributed by atoms with E-state index in [4.69, 9.17) is 5.73 Å². The van der Waals surface area contributed by atoms with E-state index in [1.807, 2.05) is 6.92 Å². The van der Waals surface area contributed by atoms with Crippen LogP contribution in [0, 0.1) is 5.92 Å². The number of hydrogen-bond acceptors (Lipinski definition) is 4.